The topological polar surface area (TPSA) is 114 Å². The average Bonchev–Trinajstić information content (AvgIpc) is 2.98. The third kappa shape index (κ3) is 7.07. The first-order valence-corrected chi connectivity index (χ1v) is 16.0. The van der Waals surface area contributed by atoms with E-state index >= 15 is 8.78 Å². The first-order valence-electron chi connectivity index (χ1n) is 15.6. The molecule has 3 N–H and O–H groups in total. The number of hydrogen-bond donors (Lipinski definition) is 3. The molecule has 1 saturated heterocycles. The molecule has 2 aromatic carbocycles. The van der Waals surface area contributed by atoms with Crippen LogP contribution in [-0.2, 0) is 11.2 Å². The van der Waals surface area contributed by atoms with Crippen molar-refractivity contribution in [3.63, 3.8) is 0 Å². The second-order valence-electron chi connectivity index (χ2n) is 13.6. The number of aromatic nitrogens is 4. The van der Waals surface area contributed by atoms with Crippen LogP contribution in [0.15, 0.2) is 71.7 Å². The number of anilines is 2. The zero-order chi connectivity index (χ0) is 34.4. The van der Waals surface area contributed by atoms with Gasteiger partial charge in [-0.1, -0.05) is 29.8 Å². The van der Waals surface area contributed by atoms with Crippen molar-refractivity contribution in [2.24, 2.45) is 0 Å². The number of carbonyl (C=O) groups is 1. The van der Waals surface area contributed by atoms with Crippen LogP contribution in [0.25, 0.3) is 28.0 Å². The summed E-state index contributed by atoms with van der Waals surface area (Å²) in [5.74, 6) is -1.86. The van der Waals surface area contributed by atoms with E-state index in [0.29, 0.717) is 33.0 Å². The number of nitrogens with one attached hydrogen (secondary N) is 3. The Labute approximate surface area is 281 Å². The summed E-state index contributed by atoms with van der Waals surface area (Å²) in [6.45, 7) is 10.4. The van der Waals surface area contributed by atoms with Crippen LogP contribution in [0.4, 0.5) is 20.4 Å². The summed E-state index contributed by atoms with van der Waals surface area (Å²) in [5, 5.41) is 10.8. The van der Waals surface area contributed by atoms with Gasteiger partial charge in [-0.3, -0.25) is 14.2 Å². The molecule has 9 nitrogen and oxygen atoms in total. The lowest BCUT2D eigenvalue weighted by atomic mass is 9.80. The quantitative estimate of drug-likeness (QED) is 0.160. The molecule has 1 fully saturated rings. The van der Waals surface area contributed by atoms with E-state index in [9.17, 15) is 9.59 Å². The number of para-hydroxylation sites is 1. The standard InChI is InChI=1S/C36H36ClF2N7O2/c1-20-9-11-22(41-29(47)15-21-10-13-28(37)40-19-21)16-25(20)31-24-12-14-30(48)46(32-26(38)7-6-8-27(32)39)33(24)44-34(43-31)42-23-17-35(2,3)45-36(4,5)18-23/h6-14,16,19,23,45H,15,17-18H2,1-5H3,(H,41,47)(H,42,43,44). The van der Waals surface area contributed by atoms with Gasteiger partial charge < -0.3 is 16.0 Å². The molecule has 1 amide bonds. The van der Waals surface area contributed by atoms with Crippen molar-refractivity contribution in [3.05, 3.63) is 105 Å². The lowest BCUT2D eigenvalue weighted by Crippen LogP contribution is -2.60. The highest BCUT2D eigenvalue weighted by Gasteiger charge is 2.38. The van der Waals surface area contributed by atoms with Gasteiger partial charge in [-0.05, 0) is 95.0 Å². The normalized spacial score (nSPS) is 15.8. The van der Waals surface area contributed by atoms with Gasteiger partial charge in [0.05, 0.1) is 12.1 Å². The Balaban J connectivity index is 1.49. The van der Waals surface area contributed by atoms with Crippen LogP contribution in [0.3, 0.4) is 0 Å². The number of rotatable bonds is 7. The first kappa shape index (κ1) is 33.2. The van der Waals surface area contributed by atoms with Crippen molar-refractivity contribution in [1.82, 2.24) is 24.8 Å². The van der Waals surface area contributed by atoms with Gasteiger partial charge in [0.15, 0.2) is 5.65 Å². The van der Waals surface area contributed by atoms with E-state index in [4.69, 9.17) is 21.6 Å². The van der Waals surface area contributed by atoms with Crippen molar-refractivity contribution in [2.45, 2.75) is 71.0 Å². The molecule has 0 aliphatic carbocycles. The molecule has 1 aliphatic rings. The number of hydrogen-bond acceptors (Lipinski definition) is 7. The molecule has 5 aromatic rings. The molecule has 248 valence electrons. The molecule has 0 radical (unpaired) electrons. The largest absolute Gasteiger partial charge is 0.351 e. The summed E-state index contributed by atoms with van der Waals surface area (Å²) in [6.07, 6.45) is 3.13. The molecule has 0 atom stereocenters. The number of pyridine rings is 2. The van der Waals surface area contributed by atoms with Crippen molar-refractivity contribution in [2.75, 3.05) is 10.6 Å². The predicted octanol–water partition coefficient (Wildman–Crippen LogP) is 6.99. The number of piperidine rings is 1. The molecular formula is C36H36ClF2N7O2. The summed E-state index contributed by atoms with van der Waals surface area (Å²) in [4.78, 5) is 40.0. The number of nitrogens with zero attached hydrogens (tertiary/aromatic N) is 4. The highest BCUT2D eigenvalue weighted by Crippen LogP contribution is 2.35. The van der Waals surface area contributed by atoms with Gasteiger partial charge in [0, 0.05) is 46.0 Å². The van der Waals surface area contributed by atoms with E-state index in [0.717, 1.165) is 35.1 Å². The smallest absolute Gasteiger partial charge is 0.256 e. The lowest BCUT2D eigenvalue weighted by molar-refractivity contribution is -0.115. The average molecular weight is 672 g/mol. The lowest BCUT2D eigenvalue weighted by Gasteiger charge is -2.46. The number of carbonyl (C=O) groups excluding carboxylic acids is 1. The maximum absolute atomic E-state index is 15.2. The molecular weight excluding hydrogens is 636 g/mol. The summed E-state index contributed by atoms with van der Waals surface area (Å²) in [6, 6.07) is 15.0. The Morgan fingerprint density at radius 2 is 1.71 bits per heavy atom. The van der Waals surface area contributed by atoms with E-state index in [1.165, 1.54) is 12.1 Å². The number of halogens is 3. The Bertz CT molecular complexity index is 2060. The van der Waals surface area contributed by atoms with E-state index in [1.807, 2.05) is 13.0 Å². The van der Waals surface area contributed by atoms with Gasteiger partial charge in [0.2, 0.25) is 11.9 Å². The van der Waals surface area contributed by atoms with E-state index in [-0.39, 0.29) is 41.0 Å². The monoisotopic (exact) mass is 671 g/mol. The minimum absolute atomic E-state index is 0.0375. The van der Waals surface area contributed by atoms with Crippen LogP contribution < -0.4 is 21.5 Å². The van der Waals surface area contributed by atoms with Crippen molar-refractivity contribution in [3.8, 4) is 16.9 Å². The minimum atomic E-state index is -0.905. The van der Waals surface area contributed by atoms with Gasteiger partial charge in [-0.15, -0.1) is 0 Å². The van der Waals surface area contributed by atoms with Crippen LogP contribution in [0, 0.1) is 18.6 Å². The minimum Gasteiger partial charge on any atom is -0.351 e. The van der Waals surface area contributed by atoms with Gasteiger partial charge in [0.1, 0.15) is 22.5 Å². The third-order valence-electron chi connectivity index (χ3n) is 8.36. The molecule has 12 heteroatoms. The zero-order valence-electron chi connectivity index (χ0n) is 27.3. The Morgan fingerprint density at radius 1 is 1.00 bits per heavy atom. The van der Waals surface area contributed by atoms with Gasteiger partial charge in [0.25, 0.3) is 5.56 Å². The maximum Gasteiger partial charge on any atom is 0.256 e. The van der Waals surface area contributed by atoms with E-state index < -0.39 is 22.9 Å². The molecule has 1 aliphatic heterocycles. The van der Waals surface area contributed by atoms with Crippen LogP contribution >= 0.6 is 11.6 Å². The molecule has 6 rings (SSSR count). The van der Waals surface area contributed by atoms with Crippen LogP contribution in [0.5, 0.6) is 0 Å². The highest BCUT2D eigenvalue weighted by atomic mass is 35.5. The number of aryl methyl sites for hydroxylation is 1. The van der Waals surface area contributed by atoms with E-state index in [1.54, 1.807) is 36.5 Å². The Hall–Kier alpha value is -4.74. The molecule has 0 spiro atoms. The Morgan fingerprint density at radius 3 is 2.38 bits per heavy atom. The first-order chi connectivity index (χ1) is 22.7. The molecule has 0 saturated carbocycles. The SMILES string of the molecule is Cc1ccc(NC(=O)Cc2ccc(Cl)nc2)cc1-c1nc(NC2CC(C)(C)NC(C)(C)C2)nc2c1ccc(=O)n2-c1c(F)cccc1F. The Kier molecular flexibility index (Phi) is 8.78. The molecule has 0 bridgehead atoms. The van der Waals surface area contributed by atoms with Crippen LogP contribution in [0.1, 0.15) is 51.7 Å². The third-order valence-corrected chi connectivity index (χ3v) is 8.59. The van der Waals surface area contributed by atoms with Gasteiger partial charge in [-0.25, -0.2) is 18.7 Å². The van der Waals surface area contributed by atoms with Crippen LogP contribution in [-0.4, -0.2) is 42.5 Å². The fourth-order valence-corrected chi connectivity index (χ4v) is 6.88. The zero-order valence-corrected chi connectivity index (χ0v) is 28.0. The molecule has 48 heavy (non-hydrogen) atoms. The maximum atomic E-state index is 15.2. The summed E-state index contributed by atoms with van der Waals surface area (Å²) in [7, 11) is 0. The predicted molar refractivity (Wildman–Crippen MR) is 185 cm³/mol. The molecule has 0 unspecified atom stereocenters. The second kappa shape index (κ2) is 12.7. The molecule has 3 aromatic heterocycles. The van der Waals surface area contributed by atoms with Crippen LogP contribution in [0.2, 0.25) is 5.15 Å². The van der Waals surface area contributed by atoms with Gasteiger partial charge >= 0.3 is 0 Å². The highest BCUT2D eigenvalue weighted by molar-refractivity contribution is 6.29. The van der Waals surface area contributed by atoms with E-state index in [2.05, 4.69) is 48.6 Å². The second-order valence-corrected chi connectivity index (χ2v) is 14.0. The summed E-state index contributed by atoms with van der Waals surface area (Å²) >= 11 is 5.88. The summed E-state index contributed by atoms with van der Waals surface area (Å²) in [5.41, 5.74) is 1.57. The summed E-state index contributed by atoms with van der Waals surface area (Å²) < 4.78 is 31.4. The fourth-order valence-electron chi connectivity index (χ4n) is 6.77. The van der Waals surface area contributed by atoms with Crippen molar-refractivity contribution in [1.29, 1.82) is 0 Å². The number of amides is 1. The number of benzene rings is 2. The van der Waals surface area contributed by atoms with Crippen molar-refractivity contribution < 1.29 is 13.6 Å². The fraction of sp³-hybridized carbons (Fsp3) is 0.306. The van der Waals surface area contributed by atoms with Crippen molar-refractivity contribution >= 4 is 40.2 Å². The van der Waals surface area contributed by atoms with Gasteiger partial charge in [-0.2, -0.15) is 4.98 Å². The number of fused-ring (bicyclic) bond motifs is 1. The molecule has 4 heterocycles.